The molecule has 5 rings (SSSR count). The quantitative estimate of drug-likeness (QED) is 0.800. The number of alkyl halides is 1. The van der Waals surface area contributed by atoms with Gasteiger partial charge in [0.2, 0.25) is 5.91 Å². The Hall–Kier alpha value is -1.02. The predicted octanol–water partition coefficient (Wildman–Crippen LogP) is 4.77. The fourth-order valence-electron chi connectivity index (χ4n) is 5.55. The van der Waals surface area contributed by atoms with Crippen LogP contribution in [0, 0.1) is 17.3 Å². The molecule has 1 aromatic rings. The van der Waals surface area contributed by atoms with Crippen LogP contribution in [0.4, 0.5) is 5.69 Å². The van der Waals surface area contributed by atoms with Crippen LogP contribution in [-0.4, -0.2) is 10.8 Å². The first-order chi connectivity index (χ1) is 10.5. The van der Waals surface area contributed by atoms with Crippen LogP contribution in [0.3, 0.4) is 0 Å². The molecule has 4 aliphatic rings. The average molecular weight is 318 g/mol. The maximum absolute atomic E-state index is 13.0. The zero-order valence-corrected chi connectivity index (χ0v) is 14.0. The van der Waals surface area contributed by atoms with Gasteiger partial charge < -0.3 is 5.32 Å². The normalized spacial score (nSPS) is 39.0. The standard InChI is InChI=1S/C19H24ClNO/c1-2-13-4-3-5-16(7-13)21-17(22)18-8-14-6-15(9-18)11-19(20,10-14)12-18/h3-5,7,14-15H,2,6,8-12H2,1H3,(H,21,22)/t14-,15+,18?,19?. The molecule has 4 bridgehead atoms. The number of amides is 1. The second-order valence-corrected chi connectivity index (χ2v) is 8.70. The number of nitrogens with one attached hydrogen (secondary N) is 1. The molecule has 1 amide bonds. The first-order valence-corrected chi connectivity index (χ1v) is 8.97. The molecule has 3 heteroatoms. The van der Waals surface area contributed by atoms with Crippen molar-refractivity contribution in [2.75, 3.05) is 5.32 Å². The van der Waals surface area contributed by atoms with Crippen molar-refractivity contribution < 1.29 is 4.79 Å². The summed E-state index contributed by atoms with van der Waals surface area (Å²) in [5, 5.41) is 3.19. The summed E-state index contributed by atoms with van der Waals surface area (Å²) in [4.78, 5) is 12.9. The molecule has 0 radical (unpaired) electrons. The molecular weight excluding hydrogens is 294 g/mol. The third kappa shape index (κ3) is 2.36. The van der Waals surface area contributed by atoms with Crippen LogP contribution in [0.5, 0.6) is 0 Å². The number of aryl methyl sites for hydroxylation is 1. The molecule has 2 unspecified atom stereocenters. The van der Waals surface area contributed by atoms with Gasteiger partial charge in [0.05, 0.1) is 5.41 Å². The Balaban J connectivity index is 1.57. The van der Waals surface area contributed by atoms with Crippen molar-refractivity contribution in [3.63, 3.8) is 0 Å². The number of carbonyl (C=O) groups excluding carboxylic acids is 1. The van der Waals surface area contributed by atoms with E-state index in [-0.39, 0.29) is 16.2 Å². The zero-order chi connectivity index (χ0) is 15.4. The lowest BCUT2D eigenvalue weighted by molar-refractivity contribution is -0.138. The molecule has 1 N–H and O–H groups in total. The van der Waals surface area contributed by atoms with E-state index in [2.05, 4.69) is 24.4 Å². The molecule has 0 saturated heterocycles. The van der Waals surface area contributed by atoms with Gasteiger partial charge in [0.15, 0.2) is 0 Å². The smallest absolute Gasteiger partial charge is 0.230 e. The molecule has 0 aromatic heterocycles. The number of anilines is 1. The number of benzene rings is 1. The number of rotatable bonds is 3. The maximum Gasteiger partial charge on any atom is 0.230 e. The van der Waals surface area contributed by atoms with Gasteiger partial charge in [0.1, 0.15) is 0 Å². The van der Waals surface area contributed by atoms with E-state index in [1.165, 1.54) is 12.0 Å². The first-order valence-electron chi connectivity index (χ1n) is 8.60. The summed E-state index contributed by atoms with van der Waals surface area (Å²) in [6, 6.07) is 8.22. The summed E-state index contributed by atoms with van der Waals surface area (Å²) >= 11 is 6.84. The van der Waals surface area contributed by atoms with Crippen molar-refractivity contribution in [3.8, 4) is 0 Å². The summed E-state index contributed by atoms with van der Waals surface area (Å²) in [5.74, 6) is 1.53. The van der Waals surface area contributed by atoms with Crippen LogP contribution in [0.15, 0.2) is 24.3 Å². The van der Waals surface area contributed by atoms with Crippen molar-refractivity contribution in [1.82, 2.24) is 0 Å². The Morgan fingerprint density at radius 2 is 2.00 bits per heavy atom. The highest BCUT2D eigenvalue weighted by atomic mass is 35.5. The molecule has 4 saturated carbocycles. The Kier molecular flexibility index (Phi) is 3.30. The van der Waals surface area contributed by atoms with Crippen molar-refractivity contribution in [3.05, 3.63) is 29.8 Å². The molecule has 4 fully saturated rings. The highest BCUT2D eigenvalue weighted by Crippen LogP contribution is 2.64. The summed E-state index contributed by atoms with van der Waals surface area (Å²) in [7, 11) is 0. The van der Waals surface area contributed by atoms with Gasteiger partial charge in [-0.25, -0.2) is 0 Å². The van der Waals surface area contributed by atoms with E-state index in [0.29, 0.717) is 11.8 Å². The minimum atomic E-state index is -0.214. The van der Waals surface area contributed by atoms with Gasteiger partial charge in [0, 0.05) is 10.6 Å². The summed E-state index contributed by atoms with van der Waals surface area (Å²) in [5.41, 5.74) is 1.98. The van der Waals surface area contributed by atoms with Crippen molar-refractivity contribution in [2.45, 2.75) is 56.7 Å². The van der Waals surface area contributed by atoms with E-state index in [4.69, 9.17) is 11.6 Å². The van der Waals surface area contributed by atoms with E-state index in [1.807, 2.05) is 12.1 Å². The third-order valence-electron chi connectivity index (χ3n) is 6.06. The molecule has 4 atom stereocenters. The monoisotopic (exact) mass is 317 g/mol. The van der Waals surface area contributed by atoms with E-state index in [0.717, 1.165) is 44.2 Å². The fourth-order valence-corrected chi connectivity index (χ4v) is 6.24. The van der Waals surface area contributed by atoms with Crippen LogP contribution in [0.25, 0.3) is 0 Å². The lowest BCUT2D eigenvalue weighted by Crippen LogP contribution is -2.57. The van der Waals surface area contributed by atoms with Gasteiger partial charge in [-0.1, -0.05) is 19.1 Å². The second kappa shape index (κ2) is 4.99. The SMILES string of the molecule is CCc1cccc(NC(=O)C23C[C@@H]4C[C@@H](CC(Cl)(C4)C2)C3)c1. The van der Waals surface area contributed by atoms with Crippen LogP contribution in [0.1, 0.15) is 51.0 Å². The Labute approximate surface area is 137 Å². The van der Waals surface area contributed by atoms with Gasteiger partial charge in [-0.2, -0.15) is 0 Å². The van der Waals surface area contributed by atoms with E-state index in [9.17, 15) is 4.79 Å². The van der Waals surface area contributed by atoms with Crippen LogP contribution in [-0.2, 0) is 11.2 Å². The van der Waals surface area contributed by atoms with Gasteiger partial charge in [-0.05, 0) is 74.5 Å². The highest BCUT2D eigenvalue weighted by molar-refractivity contribution is 6.24. The number of halogens is 1. The van der Waals surface area contributed by atoms with E-state index < -0.39 is 0 Å². The van der Waals surface area contributed by atoms with Gasteiger partial charge >= 0.3 is 0 Å². The molecule has 2 nitrogen and oxygen atoms in total. The summed E-state index contributed by atoms with van der Waals surface area (Å²) in [6.45, 7) is 2.14. The summed E-state index contributed by atoms with van der Waals surface area (Å²) < 4.78 is 0. The minimum absolute atomic E-state index is 0.104. The molecular formula is C19H24ClNO. The highest BCUT2D eigenvalue weighted by Gasteiger charge is 2.60. The number of carbonyl (C=O) groups is 1. The van der Waals surface area contributed by atoms with Gasteiger partial charge in [0.25, 0.3) is 0 Å². The average Bonchev–Trinajstić information content (AvgIpc) is 2.45. The van der Waals surface area contributed by atoms with Crippen LogP contribution in [0.2, 0.25) is 0 Å². The Morgan fingerprint density at radius 3 is 2.64 bits per heavy atom. The van der Waals surface area contributed by atoms with E-state index >= 15 is 0 Å². The summed E-state index contributed by atoms with van der Waals surface area (Å²) in [6.07, 6.45) is 7.46. The first kappa shape index (κ1) is 14.6. The maximum atomic E-state index is 13.0. The largest absolute Gasteiger partial charge is 0.326 e. The third-order valence-corrected chi connectivity index (χ3v) is 6.51. The number of hydrogen-bond donors (Lipinski definition) is 1. The number of hydrogen-bond acceptors (Lipinski definition) is 1. The molecule has 22 heavy (non-hydrogen) atoms. The van der Waals surface area contributed by atoms with Crippen LogP contribution < -0.4 is 5.32 Å². The predicted molar refractivity (Wildman–Crippen MR) is 90.1 cm³/mol. The van der Waals surface area contributed by atoms with Crippen molar-refractivity contribution in [1.29, 1.82) is 0 Å². The Bertz CT molecular complexity index is 597. The van der Waals surface area contributed by atoms with Gasteiger partial charge in [-0.3, -0.25) is 4.79 Å². The lowest BCUT2D eigenvalue weighted by Gasteiger charge is -2.59. The topological polar surface area (TPSA) is 29.1 Å². The molecule has 0 heterocycles. The Morgan fingerprint density at radius 1 is 1.27 bits per heavy atom. The van der Waals surface area contributed by atoms with Gasteiger partial charge in [-0.15, -0.1) is 11.6 Å². The molecule has 118 valence electrons. The fraction of sp³-hybridized carbons (Fsp3) is 0.632. The van der Waals surface area contributed by atoms with E-state index in [1.54, 1.807) is 0 Å². The minimum Gasteiger partial charge on any atom is -0.326 e. The van der Waals surface area contributed by atoms with Crippen molar-refractivity contribution >= 4 is 23.2 Å². The molecule has 4 aliphatic carbocycles. The van der Waals surface area contributed by atoms with Crippen molar-refractivity contribution in [2.24, 2.45) is 17.3 Å². The lowest BCUT2D eigenvalue weighted by atomic mass is 9.49. The molecule has 1 aromatic carbocycles. The zero-order valence-electron chi connectivity index (χ0n) is 13.2. The molecule has 0 spiro atoms. The molecule has 0 aliphatic heterocycles. The second-order valence-electron chi connectivity index (χ2n) is 7.90. The van der Waals surface area contributed by atoms with Crippen LogP contribution >= 0.6 is 11.6 Å².